The summed E-state index contributed by atoms with van der Waals surface area (Å²) in [4.78, 5) is 15.3. The fraction of sp³-hybridized carbons (Fsp3) is 0.766. The quantitative estimate of drug-likeness (QED) is 0.0422. The lowest BCUT2D eigenvalue weighted by molar-refractivity contribution is 0.148. The van der Waals surface area contributed by atoms with E-state index < -0.39 is 0 Å². The van der Waals surface area contributed by atoms with Crippen LogP contribution in [0.15, 0.2) is 30.3 Å². The van der Waals surface area contributed by atoms with Crippen LogP contribution in [0.2, 0.25) is 0 Å². The summed E-state index contributed by atoms with van der Waals surface area (Å²) in [5.41, 5.74) is 6.77. The van der Waals surface area contributed by atoms with Gasteiger partial charge in [-0.25, -0.2) is 4.79 Å². The highest BCUT2D eigenvalue weighted by molar-refractivity contribution is 5.99. The molecule has 0 unspecified atom stereocenters. The monoisotopic (exact) mass is 723 g/mol. The van der Waals surface area contributed by atoms with Crippen molar-refractivity contribution in [1.29, 1.82) is 0 Å². The fourth-order valence-electron chi connectivity index (χ4n) is 7.59. The lowest BCUT2D eigenvalue weighted by atomic mass is 10.0. The first-order valence-electron chi connectivity index (χ1n) is 22.5. The summed E-state index contributed by atoms with van der Waals surface area (Å²) in [7, 11) is 0. The molecule has 0 radical (unpaired) electrons. The van der Waals surface area contributed by atoms with Gasteiger partial charge in [-0.15, -0.1) is 0 Å². The molecule has 0 aliphatic heterocycles. The summed E-state index contributed by atoms with van der Waals surface area (Å²) < 4.78 is 5.81. The molecule has 2 aromatic rings. The van der Waals surface area contributed by atoms with E-state index in [-0.39, 0.29) is 17.6 Å². The highest BCUT2D eigenvalue weighted by atomic mass is 16.6. The Kier molecular flexibility index (Phi) is 28.2. The third kappa shape index (κ3) is 21.9. The number of hydrogen-bond donors (Lipinski definition) is 2. The lowest BCUT2D eigenvalue weighted by Crippen LogP contribution is -2.35. The first-order valence-corrected chi connectivity index (χ1v) is 22.5. The van der Waals surface area contributed by atoms with Gasteiger partial charge in [-0.3, -0.25) is 0 Å². The van der Waals surface area contributed by atoms with E-state index >= 15 is 0 Å². The first kappa shape index (κ1) is 45.7. The third-order valence-electron chi connectivity index (χ3n) is 11.0. The average molecular weight is 723 g/mol. The van der Waals surface area contributed by atoms with Crippen LogP contribution in [0.4, 0.5) is 10.5 Å². The van der Waals surface area contributed by atoms with Crippen LogP contribution in [-0.4, -0.2) is 29.2 Å². The van der Waals surface area contributed by atoms with Crippen molar-refractivity contribution >= 4 is 22.6 Å². The number of amides is 1. The van der Waals surface area contributed by atoms with Gasteiger partial charge in [-0.1, -0.05) is 231 Å². The van der Waals surface area contributed by atoms with Gasteiger partial charge < -0.3 is 20.5 Å². The number of carbonyl (C=O) groups excluding carboxylic acids is 1. The van der Waals surface area contributed by atoms with Crippen molar-refractivity contribution in [3.63, 3.8) is 0 Å². The Balaban J connectivity index is 1.64. The van der Waals surface area contributed by atoms with Crippen LogP contribution in [0.1, 0.15) is 219 Å². The second-order valence-electron chi connectivity index (χ2n) is 15.8. The molecule has 0 aliphatic rings. The van der Waals surface area contributed by atoms with Crippen molar-refractivity contribution < 1.29 is 14.6 Å². The Morgan fingerprint density at radius 3 is 1.17 bits per heavy atom. The minimum absolute atomic E-state index is 0.0251. The van der Waals surface area contributed by atoms with Crippen molar-refractivity contribution in [1.82, 2.24) is 4.90 Å². The van der Waals surface area contributed by atoms with E-state index in [1.54, 1.807) is 6.07 Å². The van der Waals surface area contributed by atoms with Gasteiger partial charge >= 0.3 is 6.09 Å². The van der Waals surface area contributed by atoms with E-state index in [9.17, 15) is 9.90 Å². The number of aromatic hydroxyl groups is 1. The molecule has 0 saturated heterocycles. The van der Waals surface area contributed by atoms with Gasteiger partial charge in [0.05, 0.1) is 0 Å². The van der Waals surface area contributed by atoms with Crippen molar-refractivity contribution in [2.45, 2.75) is 219 Å². The summed E-state index contributed by atoms with van der Waals surface area (Å²) in [5.74, 6) is 0.119. The maximum atomic E-state index is 13.4. The van der Waals surface area contributed by atoms with Crippen molar-refractivity contribution in [2.75, 3.05) is 18.8 Å². The number of hydrogen-bond acceptors (Lipinski definition) is 4. The van der Waals surface area contributed by atoms with Gasteiger partial charge in [0.15, 0.2) is 11.5 Å². The molecule has 0 saturated carbocycles. The van der Waals surface area contributed by atoms with Crippen molar-refractivity contribution in [3.05, 3.63) is 30.3 Å². The zero-order valence-electron chi connectivity index (χ0n) is 34.2. The third-order valence-corrected chi connectivity index (χ3v) is 11.0. The smallest absolute Gasteiger partial charge is 0.415 e. The van der Waals surface area contributed by atoms with Gasteiger partial charge in [0.25, 0.3) is 0 Å². The van der Waals surface area contributed by atoms with Crippen LogP contribution in [0.3, 0.4) is 0 Å². The van der Waals surface area contributed by atoms with Gasteiger partial charge in [0.2, 0.25) is 0 Å². The second-order valence-corrected chi connectivity index (χ2v) is 15.8. The molecule has 0 fully saturated rings. The van der Waals surface area contributed by atoms with Crippen LogP contribution < -0.4 is 10.5 Å². The molecule has 0 aliphatic carbocycles. The Labute approximate surface area is 321 Å². The molecule has 0 atom stereocenters. The van der Waals surface area contributed by atoms with E-state index in [0.717, 1.165) is 31.1 Å². The fourth-order valence-corrected chi connectivity index (χ4v) is 7.59. The number of ether oxygens (including phenoxy) is 1. The van der Waals surface area contributed by atoms with Crippen LogP contribution >= 0.6 is 0 Å². The summed E-state index contributed by atoms with van der Waals surface area (Å²) in [5, 5.41) is 12.3. The molecular formula is C47H82N2O3. The van der Waals surface area contributed by atoms with E-state index in [4.69, 9.17) is 10.5 Å². The number of benzene rings is 2. The van der Waals surface area contributed by atoms with Crippen LogP contribution in [0.25, 0.3) is 10.8 Å². The average Bonchev–Trinajstić information content (AvgIpc) is 3.15. The van der Waals surface area contributed by atoms with Crippen molar-refractivity contribution in [3.8, 4) is 11.5 Å². The normalized spacial score (nSPS) is 11.4. The maximum absolute atomic E-state index is 13.4. The molecule has 2 aromatic carbocycles. The number of unbranched alkanes of at least 4 members (excludes halogenated alkanes) is 30. The largest absolute Gasteiger partial charge is 0.504 e. The molecule has 5 heteroatoms. The molecule has 52 heavy (non-hydrogen) atoms. The van der Waals surface area contributed by atoms with E-state index in [1.807, 2.05) is 29.2 Å². The highest BCUT2D eigenvalue weighted by Gasteiger charge is 2.19. The van der Waals surface area contributed by atoms with Gasteiger partial charge in [0, 0.05) is 35.6 Å². The standard InChI is InChI=1S/C47H82N2O3/c1-3-5-7-9-11-13-15-17-19-21-23-25-27-29-31-35-39-49(47(51)52-45-41-44(48)42-37-33-34-38-43(42)46(45)50)40-36-32-30-28-26-24-22-20-18-16-14-12-10-8-6-4-2/h33-34,37-38,41,50H,3-32,35-36,39-40,48H2,1-2H3. The highest BCUT2D eigenvalue weighted by Crippen LogP contribution is 2.38. The van der Waals surface area contributed by atoms with Gasteiger partial charge in [-0.2, -0.15) is 0 Å². The molecule has 0 aromatic heterocycles. The minimum atomic E-state index is -0.383. The molecular weight excluding hydrogens is 641 g/mol. The number of phenolic OH excluding ortho intramolecular Hbond substituents is 1. The van der Waals surface area contributed by atoms with Crippen LogP contribution in [0.5, 0.6) is 11.5 Å². The summed E-state index contributed by atoms with van der Waals surface area (Å²) in [6, 6.07) is 9.01. The zero-order valence-corrected chi connectivity index (χ0v) is 34.2. The number of nitrogens with two attached hydrogens (primary N) is 1. The van der Waals surface area contributed by atoms with E-state index in [2.05, 4.69) is 13.8 Å². The number of carbonyl (C=O) groups is 1. The molecule has 5 nitrogen and oxygen atoms in total. The minimum Gasteiger partial charge on any atom is -0.504 e. The second kappa shape index (κ2) is 32.0. The van der Waals surface area contributed by atoms with Crippen LogP contribution in [0, 0.1) is 0 Å². The molecule has 0 heterocycles. The summed E-state index contributed by atoms with van der Waals surface area (Å²) in [6.07, 6.45) is 42.3. The number of fused-ring (bicyclic) bond motifs is 1. The van der Waals surface area contributed by atoms with Gasteiger partial charge in [0.1, 0.15) is 0 Å². The molecule has 0 spiro atoms. The Bertz CT molecular complexity index is 1100. The predicted molar refractivity (Wildman–Crippen MR) is 227 cm³/mol. The summed E-state index contributed by atoms with van der Waals surface area (Å²) >= 11 is 0. The molecule has 2 rings (SSSR count). The SMILES string of the molecule is CCCCCCCCCCCCCCCCCCN(CCCCCCCCCCCCCCCCCC)C(=O)Oc1cc(N)c2ccccc2c1O. The number of anilines is 1. The van der Waals surface area contributed by atoms with Gasteiger partial charge in [-0.05, 0) is 12.8 Å². The predicted octanol–water partition coefficient (Wildman–Crippen LogP) is 15.5. The van der Waals surface area contributed by atoms with E-state index in [1.165, 1.54) is 180 Å². The molecule has 1 amide bonds. The zero-order chi connectivity index (χ0) is 37.3. The number of nitrogens with zero attached hydrogens (tertiary/aromatic N) is 1. The van der Waals surface area contributed by atoms with Crippen LogP contribution in [-0.2, 0) is 0 Å². The Morgan fingerprint density at radius 2 is 0.827 bits per heavy atom. The molecule has 3 N–H and O–H groups in total. The molecule has 298 valence electrons. The van der Waals surface area contributed by atoms with Crippen molar-refractivity contribution in [2.24, 2.45) is 0 Å². The summed E-state index contributed by atoms with van der Waals surface area (Å²) in [6.45, 7) is 5.96. The lowest BCUT2D eigenvalue weighted by Gasteiger charge is -2.23. The molecule has 0 bridgehead atoms. The number of phenols is 1. The Morgan fingerprint density at radius 1 is 0.519 bits per heavy atom. The number of nitrogen functional groups attached to an aromatic ring is 1. The topological polar surface area (TPSA) is 75.8 Å². The first-order chi connectivity index (χ1) is 25.6. The number of rotatable bonds is 35. The maximum Gasteiger partial charge on any atom is 0.415 e. The van der Waals surface area contributed by atoms with E-state index in [0.29, 0.717) is 24.2 Å². The Hall–Kier alpha value is -2.43.